The molecule has 2 aromatic rings. The summed E-state index contributed by atoms with van der Waals surface area (Å²) in [5.74, 6) is 0.300. The molecule has 15 heavy (non-hydrogen) atoms. The van der Waals surface area contributed by atoms with E-state index in [0.29, 0.717) is 16.3 Å². The number of phenolic OH excluding ortho intramolecular Hbond substituents is 1. The third-order valence-electron chi connectivity index (χ3n) is 2.16. The van der Waals surface area contributed by atoms with Crippen LogP contribution in [0, 0.1) is 6.92 Å². The summed E-state index contributed by atoms with van der Waals surface area (Å²) in [7, 11) is 0. The Bertz CT molecular complexity index is 508. The van der Waals surface area contributed by atoms with Crippen molar-refractivity contribution in [3.05, 3.63) is 28.8 Å². The average molecular weight is 225 g/mol. The highest BCUT2D eigenvalue weighted by Gasteiger charge is 2.14. The number of hydrogen-bond donors (Lipinski definition) is 2. The van der Waals surface area contributed by atoms with Crippen LogP contribution >= 0.6 is 11.6 Å². The van der Waals surface area contributed by atoms with E-state index in [4.69, 9.17) is 21.9 Å². The predicted octanol–water partition coefficient (Wildman–Crippen LogP) is 2.59. The molecule has 0 aliphatic heterocycles. The summed E-state index contributed by atoms with van der Waals surface area (Å²) >= 11 is 5.94. The van der Waals surface area contributed by atoms with Crippen molar-refractivity contribution < 1.29 is 9.63 Å². The van der Waals surface area contributed by atoms with Crippen molar-refractivity contribution in [2.75, 3.05) is 5.73 Å². The Kier molecular flexibility index (Phi) is 2.28. The Morgan fingerprint density at radius 1 is 1.47 bits per heavy atom. The van der Waals surface area contributed by atoms with Gasteiger partial charge in [0.05, 0.1) is 0 Å². The summed E-state index contributed by atoms with van der Waals surface area (Å²) in [4.78, 5) is 0. The Balaban J connectivity index is 2.66. The molecule has 0 saturated heterocycles. The van der Waals surface area contributed by atoms with Gasteiger partial charge >= 0.3 is 0 Å². The number of nitrogens with two attached hydrogens (primary N) is 1. The van der Waals surface area contributed by atoms with E-state index in [1.54, 1.807) is 19.1 Å². The fourth-order valence-corrected chi connectivity index (χ4v) is 1.56. The maximum Gasteiger partial charge on any atom is 0.222 e. The molecular formula is C10H9ClN2O2. The highest BCUT2D eigenvalue weighted by Crippen LogP contribution is 2.35. The van der Waals surface area contributed by atoms with Gasteiger partial charge in [-0.2, -0.15) is 0 Å². The molecule has 0 spiro atoms. The smallest absolute Gasteiger partial charge is 0.222 e. The van der Waals surface area contributed by atoms with Crippen molar-refractivity contribution >= 4 is 17.5 Å². The second-order valence-electron chi connectivity index (χ2n) is 3.18. The van der Waals surface area contributed by atoms with Crippen LogP contribution in [0.3, 0.4) is 0 Å². The lowest BCUT2D eigenvalue weighted by atomic mass is 10.0. The molecule has 1 aromatic carbocycles. The largest absolute Gasteiger partial charge is 0.507 e. The summed E-state index contributed by atoms with van der Waals surface area (Å²) in [6, 6.07) is 4.67. The lowest BCUT2D eigenvalue weighted by molar-refractivity contribution is 0.437. The lowest BCUT2D eigenvalue weighted by Gasteiger charge is -2.06. The summed E-state index contributed by atoms with van der Waals surface area (Å²) in [6.45, 7) is 1.79. The van der Waals surface area contributed by atoms with Gasteiger partial charge in [-0.3, -0.25) is 0 Å². The van der Waals surface area contributed by atoms with E-state index in [1.807, 2.05) is 0 Å². The molecule has 2 rings (SSSR count). The molecule has 0 atom stereocenters. The Morgan fingerprint density at radius 3 is 2.80 bits per heavy atom. The highest BCUT2D eigenvalue weighted by atomic mass is 35.5. The van der Waals surface area contributed by atoms with Gasteiger partial charge < -0.3 is 15.4 Å². The molecule has 0 radical (unpaired) electrons. The summed E-state index contributed by atoms with van der Waals surface area (Å²) in [5.41, 5.74) is 7.17. The molecule has 0 aliphatic carbocycles. The molecule has 3 N–H and O–H groups in total. The topological polar surface area (TPSA) is 72.3 Å². The normalized spacial score (nSPS) is 10.5. The van der Waals surface area contributed by atoms with Crippen molar-refractivity contribution in [3.8, 4) is 17.0 Å². The van der Waals surface area contributed by atoms with Crippen LogP contribution in [0.1, 0.15) is 5.56 Å². The first kappa shape index (κ1) is 9.86. The van der Waals surface area contributed by atoms with Crippen LogP contribution in [0.25, 0.3) is 11.3 Å². The molecule has 4 nitrogen and oxygen atoms in total. The number of halogens is 1. The molecule has 0 bridgehead atoms. The quantitative estimate of drug-likeness (QED) is 0.781. The molecule has 0 aliphatic rings. The third kappa shape index (κ3) is 1.64. The fourth-order valence-electron chi connectivity index (χ4n) is 1.40. The second kappa shape index (κ2) is 3.47. The standard InChI is InChI=1S/C10H9ClN2O2/c1-5-6(11)2-3-8(14)10(5)7-4-9(12)15-13-7/h2-4,14H,12H2,1H3. The van der Waals surface area contributed by atoms with Gasteiger partial charge in [-0.1, -0.05) is 16.8 Å². The minimum atomic E-state index is 0.102. The Hall–Kier alpha value is -1.68. The first-order valence-corrected chi connectivity index (χ1v) is 4.68. The van der Waals surface area contributed by atoms with Gasteiger partial charge in [0.1, 0.15) is 11.4 Å². The number of aromatic hydroxyl groups is 1. The molecular weight excluding hydrogens is 216 g/mol. The first-order chi connectivity index (χ1) is 7.09. The molecule has 1 heterocycles. The molecule has 0 fully saturated rings. The number of nitrogen functional groups attached to an aromatic ring is 1. The molecule has 0 saturated carbocycles. The number of benzene rings is 1. The van der Waals surface area contributed by atoms with Gasteiger partial charge in [-0.15, -0.1) is 0 Å². The van der Waals surface area contributed by atoms with E-state index in [-0.39, 0.29) is 11.6 Å². The van der Waals surface area contributed by atoms with Gasteiger partial charge in [-0.25, -0.2) is 0 Å². The predicted molar refractivity (Wildman–Crippen MR) is 57.8 cm³/mol. The monoisotopic (exact) mass is 224 g/mol. The van der Waals surface area contributed by atoms with Gasteiger partial charge in [0.2, 0.25) is 5.88 Å². The highest BCUT2D eigenvalue weighted by molar-refractivity contribution is 6.31. The van der Waals surface area contributed by atoms with Crippen molar-refractivity contribution in [3.63, 3.8) is 0 Å². The van der Waals surface area contributed by atoms with Crippen LogP contribution in [0.4, 0.5) is 5.88 Å². The Morgan fingerprint density at radius 2 is 2.20 bits per heavy atom. The number of anilines is 1. The minimum absolute atomic E-state index is 0.102. The molecule has 0 unspecified atom stereocenters. The molecule has 0 amide bonds. The van der Waals surface area contributed by atoms with Crippen molar-refractivity contribution in [1.82, 2.24) is 5.16 Å². The van der Waals surface area contributed by atoms with Crippen LogP contribution in [0.15, 0.2) is 22.7 Å². The van der Waals surface area contributed by atoms with Gasteiger partial charge in [0.25, 0.3) is 0 Å². The summed E-state index contributed by atoms with van der Waals surface area (Å²) < 4.78 is 4.74. The van der Waals surface area contributed by atoms with E-state index in [9.17, 15) is 5.11 Å². The third-order valence-corrected chi connectivity index (χ3v) is 2.57. The number of hydrogen-bond acceptors (Lipinski definition) is 4. The Labute approximate surface area is 91.3 Å². The van der Waals surface area contributed by atoms with Crippen LogP contribution in [0.2, 0.25) is 5.02 Å². The van der Waals surface area contributed by atoms with Gasteiger partial charge in [0, 0.05) is 16.7 Å². The van der Waals surface area contributed by atoms with Gasteiger partial charge in [0.15, 0.2) is 0 Å². The molecule has 5 heteroatoms. The van der Waals surface area contributed by atoms with Crippen LogP contribution in [-0.4, -0.2) is 10.3 Å². The summed E-state index contributed by atoms with van der Waals surface area (Å²) in [5, 5.41) is 14.0. The number of aromatic nitrogens is 1. The van der Waals surface area contributed by atoms with Crippen LogP contribution in [0.5, 0.6) is 5.75 Å². The zero-order valence-electron chi connectivity index (χ0n) is 7.99. The lowest BCUT2D eigenvalue weighted by Crippen LogP contribution is -1.85. The van der Waals surface area contributed by atoms with Crippen LogP contribution < -0.4 is 5.73 Å². The number of phenols is 1. The van der Waals surface area contributed by atoms with Gasteiger partial charge in [-0.05, 0) is 24.6 Å². The maximum absolute atomic E-state index is 9.70. The molecule has 78 valence electrons. The van der Waals surface area contributed by atoms with E-state index < -0.39 is 0 Å². The summed E-state index contributed by atoms with van der Waals surface area (Å²) in [6.07, 6.45) is 0. The average Bonchev–Trinajstić information content (AvgIpc) is 2.59. The maximum atomic E-state index is 9.70. The van der Waals surface area contributed by atoms with Crippen LogP contribution in [-0.2, 0) is 0 Å². The number of nitrogens with zero attached hydrogens (tertiary/aromatic N) is 1. The SMILES string of the molecule is Cc1c(Cl)ccc(O)c1-c1cc(N)on1. The zero-order chi connectivity index (χ0) is 11.0. The number of rotatable bonds is 1. The van der Waals surface area contributed by atoms with E-state index >= 15 is 0 Å². The fraction of sp³-hybridized carbons (Fsp3) is 0.100. The second-order valence-corrected chi connectivity index (χ2v) is 3.59. The van der Waals surface area contributed by atoms with Crippen molar-refractivity contribution in [2.24, 2.45) is 0 Å². The molecule has 1 aromatic heterocycles. The van der Waals surface area contributed by atoms with E-state index in [2.05, 4.69) is 5.16 Å². The van der Waals surface area contributed by atoms with E-state index in [1.165, 1.54) is 6.07 Å². The van der Waals surface area contributed by atoms with E-state index in [0.717, 1.165) is 5.56 Å². The zero-order valence-corrected chi connectivity index (χ0v) is 8.75. The van der Waals surface area contributed by atoms with Crippen molar-refractivity contribution in [2.45, 2.75) is 6.92 Å². The minimum Gasteiger partial charge on any atom is -0.507 e. The first-order valence-electron chi connectivity index (χ1n) is 4.30. The van der Waals surface area contributed by atoms with Crippen molar-refractivity contribution in [1.29, 1.82) is 0 Å².